The van der Waals surface area contributed by atoms with Gasteiger partial charge < -0.3 is 9.84 Å². The van der Waals surface area contributed by atoms with E-state index >= 15 is 0 Å². The zero-order chi connectivity index (χ0) is 11.9. The van der Waals surface area contributed by atoms with Gasteiger partial charge >= 0.3 is 0 Å². The van der Waals surface area contributed by atoms with Gasteiger partial charge in [-0.3, -0.25) is 0 Å². The SMILES string of the molecule is O=S(=O)(NCCOCCO)N1CCCCC1. The molecular weight excluding hydrogens is 232 g/mol. The second-order valence-corrected chi connectivity index (χ2v) is 5.45. The number of rotatable bonds is 7. The second kappa shape index (κ2) is 7.18. The van der Waals surface area contributed by atoms with Gasteiger partial charge in [-0.25, -0.2) is 0 Å². The van der Waals surface area contributed by atoms with E-state index in [1.54, 1.807) is 0 Å². The van der Waals surface area contributed by atoms with Gasteiger partial charge in [0.05, 0.1) is 19.8 Å². The molecule has 0 bridgehead atoms. The molecule has 1 rings (SSSR count). The highest BCUT2D eigenvalue weighted by Crippen LogP contribution is 2.11. The van der Waals surface area contributed by atoms with Crippen molar-refractivity contribution >= 4 is 10.2 Å². The molecule has 1 saturated heterocycles. The molecule has 0 aromatic carbocycles. The quantitative estimate of drug-likeness (QED) is 0.588. The van der Waals surface area contributed by atoms with E-state index in [0.29, 0.717) is 13.1 Å². The molecular formula is C9H20N2O4S. The van der Waals surface area contributed by atoms with Crippen LogP contribution in [0.4, 0.5) is 0 Å². The highest BCUT2D eigenvalue weighted by molar-refractivity contribution is 7.87. The van der Waals surface area contributed by atoms with Crippen molar-refractivity contribution in [2.45, 2.75) is 19.3 Å². The predicted molar refractivity (Wildman–Crippen MR) is 60.3 cm³/mol. The van der Waals surface area contributed by atoms with Crippen LogP contribution in [0.5, 0.6) is 0 Å². The smallest absolute Gasteiger partial charge is 0.279 e. The summed E-state index contributed by atoms with van der Waals surface area (Å²) in [6.45, 7) is 1.94. The molecule has 2 N–H and O–H groups in total. The van der Waals surface area contributed by atoms with Crippen molar-refractivity contribution in [1.29, 1.82) is 0 Å². The van der Waals surface area contributed by atoms with Crippen LogP contribution in [0.1, 0.15) is 19.3 Å². The average molecular weight is 252 g/mol. The Balaban J connectivity index is 2.22. The first-order chi connectivity index (χ1) is 7.67. The Kier molecular flexibility index (Phi) is 6.22. The first-order valence-corrected chi connectivity index (χ1v) is 7.04. The summed E-state index contributed by atoms with van der Waals surface area (Å²) in [6, 6.07) is 0. The van der Waals surface area contributed by atoms with Crippen molar-refractivity contribution in [1.82, 2.24) is 9.03 Å². The maximum absolute atomic E-state index is 11.7. The summed E-state index contributed by atoms with van der Waals surface area (Å²) in [6.07, 6.45) is 2.97. The Morgan fingerprint density at radius 1 is 1.19 bits per heavy atom. The zero-order valence-corrected chi connectivity index (χ0v) is 10.2. The lowest BCUT2D eigenvalue weighted by Crippen LogP contribution is -2.44. The third-order valence-corrected chi connectivity index (χ3v) is 4.04. The maximum Gasteiger partial charge on any atom is 0.279 e. The van der Waals surface area contributed by atoms with Crippen molar-refractivity contribution in [2.75, 3.05) is 39.5 Å². The van der Waals surface area contributed by atoms with Crippen LogP contribution < -0.4 is 4.72 Å². The van der Waals surface area contributed by atoms with E-state index < -0.39 is 10.2 Å². The fourth-order valence-corrected chi connectivity index (χ4v) is 2.87. The molecule has 1 heterocycles. The monoisotopic (exact) mass is 252 g/mol. The van der Waals surface area contributed by atoms with Crippen LogP contribution in [-0.4, -0.2) is 57.3 Å². The van der Waals surface area contributed by atoms with Gasteiger partial charge in [-0.1, -0.05) is 6.42 Å². The van der Waals surface area contributed by atoms with Gasteiger partial charge in [-0.2, -0.15) is 17.4 Å². The summed E-state index contributed by atoms with van der Waals surface area (Å²) in [7, 11) is -3.33. The third kappa shape index (κ3) is 4.75. The maximum atomic E-state index is 11.7. The Morgan fingerprint density at radius 2 is 1.88 bits per heavy atom. The summed E-state index contributed by atoms with van der Waals surface area (Å²) in [5.41, 5.74) is 0. The number of nitrogens with one attached hydrogen (secondary N) is 1. The first-order valence-electron chi connectivity index (χ1n) is 5.60. The number of hydrogen-bond acceptors (Lipinski definition) is 4. The fraction of sp³-hybridized carbons (Fsp3) is 1.00. The van der Waals surface area contributed by atoms with Crippen LogP contribution in [0.3, 0.4) is 0 Å². The highest BCUT2D eigenvalue weighted by atomic mass is 32.2. The molecule has 0 radical (unpaired) electrons. The van der Waals surface area contributed by atoms with Crippen LogP contribution in [-0.2, 0) is 14.9 Å². The molecule has 0 atom stereocenters. The average Bonchev–Trinajstić information content (AvgIpc) is 2.30. The molecule has 16 heavy (non-hydrogen) atoms. The topological polar surface area (TPSA) is 78.9 Å². The Bertz CT molecular complexity index is 275. The van der Waals surface area contributed by atoms with E-state index in [9.17, 15) is 8.42 Å². The molecule has 0 unspecified atom stereocenters. The van der Waals surface area contributed by atoms with Crippen molar-refractivity contribution in [3.05, 3.63) is 0 Å². The predicted octanol–water partition coefficient (Wildman–Crippen LogP) is -0.684. The van der Waals surface area contributed by atoms with E-state index in [-0.39, 0.29) is 26.4 Å². The summed E-state index contributed by atoms with van der Waals surface area (Å²) in [5.74, 6) is 0. The van der Waals surface area contributed by atoms with Crippen molar-refractivity contribution in [3.63, 3.8) is 0 Å². The number of ether oxygens (including phenoxy) is 1. The Morgan fingerprint density at radius 3 is 2.50 bits per heavy atom. The normalized spacial score (nSPS) is 18.8. The molecule has 0 aliphatic carbocycles. The molecule has 0 saturated carbocycles. The third-order valence-electron chi connectivity index (χ3n) is 2.42. The largest absolute Gasteiger partial charge is 0.394 e. The summed E-state index contributed by atoms with van der Waals surface area (Å²) in [5, 5.41) is 8.46. The fourth-order valence-electron chi connectivity index (χ4n) is 1.61. The van der Waals surface area contributed by atoms with Crippen LogP contribution in [0.2, 0.25) is 0 Å². The zero-order valence-electron chi connectivity index (χ0n) is 9.39. The molecule has 96 valence electrons. The van der Waals surface area contributed by atoms with Gasteiger partial charge in [-0.05, 0) is 12.8 Å². The molecule has 1 aliphatic rings. The van der Waals surface area contributed by atoms with Gasteiger partial charge in [0.2, 0.25) is 0 Å². The van der Waals surface area contributed by atoms with E-state index in [1.165, 1.54) is 4.31 Å². The Labute approximate surface area is 96.8 Å². The standard InChI is InChI=1S/C9H20N2O4S/c12-7-9-15-8-4-10-16(13,14)11-5-2-1-3-6-11/h10,12H,1-9H2. The van der Waals surface area contributed by atoms with Gasteiger partial charge in [0.25, 0.3) is 10.2 Å². The van der Waals surface area contributed by atoms with Crippen LogP contribution in [0.25, 0.3) is 0 Å². The first kappa shape index (κ1) is 13.9. The molecule has 1 aliphatic heterocycles. The minimum absolute atomic E-state index is 0.0428. The summed E-state index contributed by atoms with van der Waals surface area (Å²) >= 11 is 0. The van der Waals surface area contributed by atoms with Crippen LogP contribution in [0.15, 0.2) is 0 Å². The van der Waals surface area contributed by atoms with E-state index in [1.807, 2.05) is 0 Å². The highest BCUT2D eigenvalue weighted by Gasteiger charge is 2.22. The lowest BCUT2D eigenvalue weighted by molar-refractivity contribution is 0.0959. The lowest BCUT2D eigenvalue weighted by atomic mass is 10.2. The Hall–Kier alpha value is -0.210. The van der Waals surface area contributed by atoms with Crippen LogP contribution >= 0.6 is 0 Å². The van der Waals surface area contributed by atoms with Gasteiger partial charge in [-0.15, -0.1) is 0 Å². The van der Waals surface area contributed by atoms with Crippen molar-refractivity contribution in [3.8, 4) is 0 Å². The molecule has 6 nitrogen and oxygen atoms in total. The lowest BCUT2D eigenvalue weighted by Gasteiger charge is -2.25. The van der Waals surface area contributed by atoms with E-state index in [2.05, 4.69) is 4.72 Å². The molecule has 0 spiro atoms. The molecule has 0 amide bonds. The number of aliphatic hydroxyl groups is 1. The minimum Gasteiger partial charge on any atom is -0.394 e. The van der Waals surface area contributed by atoms with Gasteiger partial charge in [0, 0.05) is 19.6 Å². The summed E-state index contributed by atoms with van der Waals surface area (Å²) < 4.78 is 32.4. The van der Waals surface area contributed by atoms with Gasteiger partial charge in [0.15, 0.2) is 0 Å². The second-order valence-electron chi connectivity index (χ2n) is 3.70. The summed E-state index contributed by atoms with van der Waals surface area (Å²) in [4.78, 5) is 0. The molecule has 0 aromatic rings. The number of hydrogen-bond donors (Lipinski definition) is 2. The number of aliphatic hydroxyl groups excluding tert-OH is 1. The molecule has 7 heteroatoms. The number of piperidine rings is 1. The van der Waals surface area contributed by atoms with Crippen LogP contribution in [0, 0.1) is 0 Å². The molecule has 1 fully saturated rings. The minimum atomic E-state index is -3.33. The van der Waals surface area contributed by atoms with E-state index in [4.69, 9.17) is 9.84 Å². The van der Waals surface area contributed by atoms with Crippen molar-refractivity contribution in [2.24, 2.45) is 0 Å². The molecule has 0 aromatic heterocycles. The van der Waals surface area contributed by atoms with Gasteiger partial charge in [0.1, 0.15) is 0 Å². The number of nitrogens with zero attached hydrogens (tertiary/aromatic N) is 1. The van der Waals surface area contributed by atoms with E-state index in [0.717, 1.165) is 19.3 Å². The van der Waals surface area contributed by atoms with Crippen molar-refractivity contribution < 1.29 is 18.3 Å².